The molecule has 1 unspecified atom stereocenters. The summed E-state index contributed by atoms with van der Waals surface area (Å²) in [6.45, 7) is 0.722. The minimum Gasteiger partial charge on any atom is -0.472 e. The van der Waals surface area contributed by atoms with E-state index in [1.807, 2.05) is 35.0 Å². The van der Waals surface area contributed by atoms with Gasteiger partial charge in [0.15, 0.2) is 0 Å². The molecule has 6 heteroatoms. The van der Waals surface area contributed by atoms with Crippen molar-refractivity contribution < 1.29 is 9.52 Å². The number of aliphatic hydroxyl groups is 1. The van der Waals surface area contributed by atoms with Crippen LogP contribution in [0.25, 0.3) is 5.65 Å². The third-order valence-electron chi connectivity index (χ3n) is 3.41. The van der Waals surface area contributed by atoms with E-state index in [-0.39, 0.29) is 12.6 Å². The Labute approximate surface area is 130 Å². The molecule has 0 aliphatic carbocycles. The van der Waals surface area contributed by atoms with E-state index >= 15 is 0 Å². The van der Waals surface area contributed by atoms with Gasteiger partial charge in [0.25, 0.3) is 0 Å². The maximum Gasteiger partial charge on any atom is 0.138 e. The fourth-order valence-corrected chi connectivity index (χ4v) is 2.61. The third kappa shape index (κ3) is 3.34. The van der Waals surface area contributed by atoms with E-state index in [4.69, 9.17) is 4.42 Å². The number of pyridine rings is 1. The van der Waals surface area contributed by atoms with Gasteiger partial charge in [0.2, 0.25) is 0 Å². The van der Waals surface area contributed by atoms with E-state index in [1.54, 1.807) is 12.5 Å². The lowest BCUT2D eigenvalue weighted by Crippen LogP contribution is -2.34. The van der Waals surface area contributed by atoms with Crippen molar-refractivity contribution in [2.45, 2.75) is 19.0 Å². The molecule has 3 aromatic heterocycles. The lowest BCUT2D eigenvalue weighted by atomic mass is 10.1. The van der Waals surface area contributed by atoms with Crippen molar-refractivity contribution in [3.05, 3.63) is 58.8 Å². The molecule has 0 aromatic carbocycles. The SMILES string of the molecule is OCC(Cc1ccoc1)NCc1cnc2cc(Br)ccn12. The Kier molecular flexibility index (Phi) is 4.38. The molecule has 0 spiro atoms. The predicted octanol–water partition coefficient (Wildman–Crippen LogP) is 2.38. The second-order valence-electron chi connectivity index (χ2n) is 4.92. The van der Waals surface area contributed by atoms with Crippen LogP contribution in [0.1, 0.15) is 11.3 Å². The second kappa shape index (κ2) is 6.43. The van der Waals surface area contributed by atoms with Crippen molar-refractivity contribution in [1.82, 2.24) is 14.7 Å². The Morgan fingerprint density at radius 2 is 2.33 bits per heavy atom. The van der Waals surface area contributed by atoms with Crippen molar-refractivity contribution in [1.29, 1.82) is 0 Å². The van der Waals surface area contributed by atoms with E-state index in [0.29, 0.717) is 6.54 Å². The van der Waals surface area contributed by atoms with E-state index in [0.717, 1.165) is 27.8 Å². The van der Waals surface area contributed by atoms with Gasteiger partial charge in [0, 0.05) is 23.3 Å². The standard InChI is InChI=1S/C15H16BrN3O2/c16-12-1-3-19-14(8-18-15(19)6-12)7-17-13(9-20)5-11-2-4-21-10-11/h1-4,6,8,10,13,17,20H,5,7,9H2. The monoisotopic (exact) mass is 349 g/mol. The molecule has 0 aliphatic heterocycles. The van der Waals surface area contributed by atoms with Crippen LogP contribution in [0.3, 0.4) is 0 Å². The summed E-state index contributed by atoms with van der Waals surface area (Å²) < 4.78 is 8.09. The maximum atomic E-state index is 9.48. The summed E-state index contributed by atoms with van der Waals surface area (Å²) in [4.78, 5) is 4.37. The minimum atomic E-state index is -0.0106. The number of hydrogen-bond acceptors (Lipinski definition) is 4. The Bertz CT molecular complexity index is 709. The normalized spacial score (nSPS) is 12.9. The smallest absolute Gasteiger partial charge is 0.138 e. The van der Waals surface area contributed by atoms with Gasteiger partial charge in [-0.3, -0.25) is 0 Å². The number of fused-ring (bicyclic) bond motifs is 1. The number of hydrogen-bond donors (Lipinski definition) is 2. The fraction of sp³-hybridized carbons (Fsp3) is 0.267. The molecule has 0 amide bonds. The van der Waals surface area contributed by atoms with Crippen molar-refractivity contribution in [2.24, 2.45) is 0 Å². The highest BCUT2D eigenvalue weighted by Gasteiger charge is 2.10. The minimum absolute atomic E-state index is 0.0106. The summed E-state index contributed by atoms with van der Waals surface area (Å²) in [7, 11) is 0. The molecule has 3 rings (SSSR count). The Balaban J connectivity index is 1.67. The molecular formula is C15H16BrN3O2. The van der Waals surface area contributed by atoms with Crippen molar-refractivity contribution in [2.75, 3.05) is 6.61 Å². The number of aromatic nitrogens is 2. The molecule has 110 valence electrons. The average molecular weight is 350 g/mol. The van der Waals surface area contributed by atoms with E-state index in [1.165, 1.54) is 0 Å². The van der Waals surface area contributed by atoms with Crippen molar-refractivity contribution in [3.63, 3.8) is 0 Å². The highest BCUT2D eigenvalue weighted by molar-refractivity contribution is 9.10. The molecule has 5 nitrogen and oxygen atoms in total. The number of imidazole rings is 1. The molecule has 0 fully saturated rings. The molecule has 0 radical (unpaired) electrons. The number of rotatable bonds is 6. The zero-order chi connectivity index (χ0) is 14.7. The van der Waals surface area contributed by atoms with Gasteiger partial charge in [0.1, 0.15) is 5.65 Å². The molecule has 3 aromatic rings. The van der Waals surface area contributed by atoms with Crippen LogP contribution in [0, 0.1) is 0 Å². The van der Waals surface area contributed by atoms with Crippen LogP contribution in [-0.2, 0) is 13.0 Å². The topological polar surface area (TPSA) is 62.7 Å². The lowest BCUT2D eigenvalue weighted by Gasteiger charge is -2.15. The van der Waals surface area contributed by atoms with Crippen LogP contribution in [0.5, 0.6) is 0 Å². The van der Waals surface area contributed by atoms with Gasteiger partial charge >= 0.3 is 0 Å². The van der Waals surface area contributed by atoms with Gasteiger partial charge in [-0.1, -0.05) is 15.9 Å². The van der Waals surface area contributed by atoms with Crippen LogP contribution in [0.2, 0.25) is 0 Å². The number of halogens is 1. The van der Waals surface area contributed by atoms with Gasteiger partial charge in [-0.2, -0.15) is 0 Å². The number of furan rings is 1. The fourth-order valence-electron chi connectivity index (χ4n) is 2.28. The van der Waals surface area contributed by atoms with Crippen LogP contribution in [0.4, 0.5) is 0 Å². The molecule has 2 N–H and O–H groups in total. The molecular weight excluding hydrogens is 334 g/mol. The van der Waals surface area contributed by atoms with Crippen LogP contribution in [-0.4, -0.2) is 27.1 Å². The van der Waals surface area contributed by atoms with Crippen molar-refractivity contribution in [3.8, 4) is 0 Å². The van der Waals surface area contributed by atoms with Crippen LogP contribution in [0.15, 0.2) is 52.0 Å². The molecule has 0 saturated heterocycles. The Morgan fingerprint density at radius 1 is 1.43 bits per heavy atom. The zero-order valence-corrected chi connectivity index (χ0v) is 13.0. The quantitative estimate of drug-likeness (QED) is 0.717. The summed E-state index contributed by atoms with van der Waals surface area (Å²) >= 11 is 3.44. The molecule has 0 aliphatic rings. The van der Waals surface area contributed by atoms with E-state index in [2.05, 4.69) is 26.2 Å². The summed E-state index contributed by atoms with van der Waals surface area (Å²) in [6.07, 6.45) is 7.91. The van der Waals surface area contributed by atoms with Gasteiger partial charge in [-0.05, 0) is 30.2 Å². The third-order valence-corrected chi connectivity index (χ3v) is 3.90. The second-order valence-corrected chi connectivity index (χ2v) is 5.83. The van der Waals surface area contributed by atoms with Crippen molar-refractivity contribution >= 4 is 21.6 Å². The Hall–Kier alpha value is -1.63. The molecule has 21 heavy (non-hydrogen) atoms. The predicted molar refractivity (Wildman–Crippen MR) is 83.0 cm³/mol. The lowest BCUT2D eigenvalue weighted by molar-refractivity contribution is 0.240. The maximum absolute atomic E-state index is 9.48. The largest absolute Gasteiger partial charge is 0.472 e. The Morgan fingerprint density at radius 3 is 3.10 bits per heavy atom. The van der Waals surface area contributed by atoms with Gasteiger partial charge in [-0.25, -0.2) is 4.98 Å². The van der Waals surface area contributed by atoms with Gasteiger partial charge < -0.3 is 19.2 Å². The summed E-state index contributed by atoms with van der Waals surface area (Å²) in [5, 5.41) is 12.8. The van der Waals surface area contributed by atoms with Crippen LogP contribution < -0.4 is 5.32 Å². The first-order chi connectivity index (χ1) is 10.3. The molecule has 0 saturated carbocycles. The number of aliphatic hydroxyl groups excluding tert-OH is 1. The molecule has 3 heterocycles. The van der Waals surface area contributed by atoms with E-state index < -0.39 is 0 Å². The summed E-state index contributed by atoms with van der Waals surface area (Å²) in [5.74, 6) is 0. The van der Waals surface area contributed by atoms with E-state index in [9.17, 15) is 5.11 Å². The molecule has 0 bridgehead atoms. The summed E-state index contributed by atoms with van der Waals surface area (Å²) in [6, 6.07) is 5.85. The zero-order valence-electron chi connectivity index (χ0n) is 11.4. The average Bonchev–Trinajstić information content (AvgIpc) is 3.12. The number of nitrogens with zero attached hydrogens (tertiary/aromatic N) is 2. The van der Waals surface area contributed by atoms with Gasteiger partial charge in [0.05, 0.1) is 31.0 Å². The first-order valence-electron chi connectivity index (χ1n) is 6.73. The summed E-state index contributed by atoms with van der Waals surface area (Å²) in [5.41, 5.74) is 3.03. The molecule has 1 atom stereocenters. The first kappa shape index (κ1) is 14.3. The highest BCUT2D eigenvalue weighted by Crippen LogP contribution is 2.14. The van der Waals surface area contributed by atoms with Gasteiger partial charge in [-0.15, -0.1) is 0 Å². The highest BCUT2D eigenvalue weighted by atomic mass is 79.9. The first-order valence-corrected chi connectivity index (χ1v) is 7.52. The van der Waals surface area contributed by atoms with Crippen LogP contribution >= 0.6 is 15.9 Å². The number of nitrogens with one attached hydrogen (secondary N) is 1.